The summed E-state index contributed by atoms with van der Waals surface area (Å²) in [5.74, 6) is 0.507. The van der Waals surface area contributed by atoms with Gasteiger partial charge in [-0.25, -0.2) is 0 Å². The Morgan fingerprint density at radius 2 is 2.19 bits per heavy atom. The van der Waals surface area contributed by atoms with E-state index in [0.29, 0.717) is 6.61 Å². The quantitative estimate of drug-likeness (QED) is 0.582. The molecule has 0 radical (unpaired) electrons. The van der Waals surface area contributed by atoms with Crippen LogP contribution in [0.2, 0.25) is 0 Å². The maximum Gasteiger partial charge on any atom is 0.250 e. The SMILES string of the molecule is O=C(/C=C/c1cccs1)NC(=S)Nc1ccc(OC[C@@H]2CCCO2)cc1. The van der Waals surface area contributed by atoms with Crippen molar-refractivity contribution in [2.75, 3.05) is 18.5 Å². The fourth-order valence-corrected chi connectivity index (χ4v) is 3.30. The first-order valence-corrected chi connectivity index (χ1v) is 9.66. The molecule has 0 aliphatic carbocycles. The molecule has 1 fully saturated rings. The molecule has 1 aromatic carbocycles. The summed E-state index contributed by atoms with van der Waals surface area (Å²) in [5.41, 5.74) is 0.780. The number of carbonyl (C=O) groups excluding carboxylic acids is 1. The molecule has 26 heavy (non-hydrogen) atoms. The number of anilines is 1. The molecule has 136 valence electrons. The summed E-state index contributed by atoms with van der Waals surface area (Å²) in [6.07, 6.45) is 5.56. The fourth-order valence-electron chi connectivity index (χ4n) is 2.46. The number of rotatable bonds is 6. The van der Waals surface area contributed by atoms with Gasteiger partial charge in [-0.15, -0.1) is 11.3 Å². The predicted octanol–water partition coefficient (Wildman–Crippen LogP) is 3.83. The Hall–Kier alpha value is -2.22. The molecular weight excluding hydrogens is 368 g/mol. The highest BCUT2D eigenvalue weighted by molar-refractivity contribution is 7.80. The van der Waals surface area contributed by atoms with Crippen LogP contribution in [0.1, 0.15) is 17.7 Å². The van der Waals surface area contributed by atoms with E-state index in [2.05, 4.69) is 10.6 Å². The van der Waals surface area contributed by atoms with Gasteiger partial charge in [-0.1, -0.05) is 6.07 Å². The number of thiocarbonyl (C=S) groups is 1. The second-order valence-corrected chi connectivity index (χ2v) is 7.15. The van der Waals surface area contributed by atoms with Gasteiger partial charge >= 0.3 is 0 Å². The van der Waals surface area contributed by atoms with Crippen LogP contribution in [0, 0.1) is 0 Å². The Balaban J connectivity index is 1.42. The smallest absolute Gasteiger partial charge is 0.250 e. The van der Waals surface area contributed by atoms with Gasteiger partial charge in [0, 0.05) is 23.2 Å². The van der Waals surface area contributed by atoms with Gasteiger partial charge in [-0.2, -0.15) is 0 Å². The maximum absolute atomic E-state index is 11.9. The minimum absolute atomic E-state index is 0.192. The molecule has 2 N–H and O–H groups in total. The normalized spacial score (nSPS) is 16.5. The van der Waals surface area contributed by atoms with E-state index in [1.54, 1.807) is 17.4 Å². The zero-order valence-corrected chi connectivity index (χ0v) is 15.8. The van der Waals surface area contributed by atoms with Gasteiger partial charge in [0.2, 0.25) is 5.91 Å². The van der Waals surface area contributed by atoms with Crippen molar-refractivity contribution in [3.8, 4) is 5.75 Å². The van der Waals surface area contributed by atoms with Gasteiger partial charge in [0.1, 0.15) is 12.4 Å². The second kappa shape index (κ2) is 9.47. The summed E-state index contributed by atoms with van der Waals surface area (Å²) in [6, 6.07) is 11.3. The minimum Gasteiger partial charge on any atom is -0.491 e. The summed E-state index contributed by atoms with van der Waals surface area (Å²) in [4.78, 5) is 12.9. The Morgan fingerprint density at radius 3 is 2.88 bits per heavy atom. The second-order valence-electron chi connectivity index (χ2n) is 5.76. The van der Waals surface area contributed by atoms with Crippen molar-refractivity contribution in [3.05, 3.63) is 52.7 Å². The lowest BCUT2D eigenvalue weighted by Crippen LogP contribution is -2.32. The van der Waals surface area contributed by atoms with Crippen molar-refractivity contribution in [2.24, 2.45) is 0 Å². The molecule has 0 unspecified atom stereocenters. The predicted molar refractivity (Wildman–Crippen MR) is 109 cm³/mol. The van der Waals surface area contributed by atoms with Crippen LogP contribution in [0.25, 0.3) is 6.08 Å². The number of benzene rings is 1. The molecule has 1 aliphatic rings. The van der Waals surface area contributed by atoms with E-state index < -0.39 is 0 Å². The standard InChI is InChI=1S/C19H20N2O3S2/c22-18(10-9-17-4-2-12-26-17)21-19(25)20-14-5-7-15(8-6-14)24-13-16-3-1-11-23-16/h2,4-10,12,16H,1,3,11,13H2,(H2,20,21,22,25)/b10-9+/t16-/m0/s1. The van der Waals surface area contributed by atoms with Crippen LogP contribution in [-0.2, 0) is 9.53 Å². The largest absolute Gasteiger partial charge is 0.491 e. The van der Waals surface area contributed by atoms with Gasteiger partial charge in [-0.3, -0.25) is 10.1 Å². The van der Waals surface area contributed by atoms with E-state index in [1.807, 2.05) is 41.8 Å². The minimum atomic E-state index is -0.271. The molecule has 1 saturated heterocycles. The summed E-state index contributed by atoms with van der Waals surface area (Å²) >= 11 is 6.73. The maximum atomic E-state index is 11.9. The van der Waals surface area contributed by atoms with E-state index in [4.69, 9.17) is 21.7 Å². The van der Waals surface area contributed by atoms with Crippen molar-refractivity contribution in [1.29, 1.82) is 0 Å². The molecule has 0 spiro atoms. The highest BCUT2D eigenvalue weighted by atomic mass is 32.1. The van der Waals surface area contributed by atoms with Crippen LogP contribution in [0.3, 0.4) is 0 Å². The van der Waals surface area contributed by atoms with Crippen LogP contribution >= 0.6 is 23.6 Å². The highest BCUT2D eigenvalue weighted by Gasteiger charge is 2.15. The molecular formula is C19H20N2O3S2. The van der Waals surface area contributed by atoms with Crippen LogP contribution in [0.5, 0.6) is 5.75 Å². The van der Waals surface area contributed by atoms with Gasteiger partial charge in [0.25, 0.3) is 0 Å². The third kappa shape index (κ3) is 5.94. The van der Waals surface area contributed by atoms with Gasteiger partial charge in [-0.05, 0) is 66.8 Å². The molecule has 1 aliphatic heterocycles. The van der Waals surface area contributed by atoms with E-state index in [9.17, 15) is 4.79 Å². The number of ether oxygens (including phenoxy) is 2. The molecule has 0 saturated carbocycles. The average molecular weight is 389 g/mol. The molecule has 1 aromatic heterocycles. The van der Waals surface area contributed by atoms with Crippen LogP contribution in [0.15, 0.2) is 47.9 Å². The molecule has 2 heterocycles. The van der Waals surface area contributed by atoms with Gasteiger partial charge < -0.3 is 14.8 Å². The van der Waals surface area contributed by atoms with Crippen LogP contribution < -0.4 is 15.4 Å². The molecule has 7 heteroatoms. The van der Waals surface area contributed by atoms with Crippen molar-refractivity contribution in [2.45, 2.75) is 18.9 Å². The Morgan fingerprint density at radius 1 is 1.35 bits per heavy atom. The Kier molecular flexibility index (Phi) is 6.76. The molecule has 5 nitrogen and oxygen atoms in total. The number of thiophene rings is 1. The topological polar surface area (TPSA) is 59.6 Å². The summed E-state index contributed by atoms with van der Waals surface area (Å²) in [7, 11) is 0. The molecule has 0 bridgehead atoms. The lowest BCUT2D eigenvalue weighted by molar-refractivity contribution is -0.115. The van der Waals surface area contributed by atoms with Crippen LogP contribution in [0.4, 0.5) is 5.69 Å². The lowest BCUT2D eigenvalue weighted by Gasteiger charge is -2.12. The third-order valence-electron chi connectivity index (χ3n) is 3.75. The number of hydrogen-bond acceptors (Lipinski definition) is 5. The average Bonchev–Trinajstić information content (AvgIpc) is 3.33. The van der Waals surface area contributed by atoms with E-state index >= 15 is 0 Å². The first-order chi connectivity index (χ1) is 12.7. The number of nitrogens with one attached hydrogen (secondary N) is 2. The van der Waals surface area contributed by atoms with Crippen LogP contribution in [-0.4, -0.2) is 30.3 Å². The first kappa shape index (κ1) is 18.6. The van der Waals surface area contributed by atoms with Crippen molar-refractivity contribution in [3.63, 3.8) is 0 Å². The third-order valence-corrected chi connectivity index (χ3v) is 4.79. The molecule has 2 aromatic rings. The summed E-state index contributed by atoms with van der Waals surface area (Å²) in [5, 5.41) is 7.80. The fraction of sp³-hybridized carbons (Fsp3) is 0.263. The zero-order valence-electron chi connectivity index (χ0n) is 14.1. The molecule has 3 rings (SSSR count). The summed E-state index contributed by atoms with van der Waals surface area (Å²) in [6.45, 7) is 1.39. The number of hydrogen-bond donors (Lipinski definition) is 2. The van der Waals surface area contributed by atoms with E-state index in [-0.39, 0.29) is 17.1 Å². The monoisotopic (exact) mass is 388 g/mol. The van der Waals surface area contributed by atoms with E-state index in [0.717, 1.165) is 35.8 Å². The van der Waals surface area contributed by atoms with E-state index in [1.165, 1.54) is 6.08 Å². The van der Waals surface area contributed by atoms with Gasteiger partial charge in [0.15, 0.2) is 5.11 Å². The number of carbonyl (C=O) groups is 1. The van der Waals surface area contributed by atoms with Gasteiger partial charge in [0.05, 0.1) is 6.10 Å². The Labute approximate surface area is 162 Å². The molecule has 1 amide bonds. The van der Waals surface area contributed by atoms with Crippen molar-refractivity contribution < 1.29 is 14.3 Å². The van der Waals surface area contributed by atoms with Crippen molar-refractivity contribution in [1.82, 2.24) is 5.32 Å². The Bertz CT molecular complexity index is 752. The lowest BCUT2D eigenvalue weighted by atomic mass is 10.2. The summed E-state index contributed by atoms with van der Waals surface area (Å²) < 4.78 is 11.3. The number of amides is 1. The van der Waals surface area contributed by atoms with Crippen molar-refractivity contribution >= 4 is 46.3 Å². The molecule has 1 atom stereocenters. The zero-order chi connectivity index (χ0) is 18.2. The highest BCUT2D eigenvalue weighted by Crippen LogP contribution is 2.18. The first-order valence-electron chi connectivity index (χ1n) is 8.37.